The van der Waals surface area contributed by atoms with E-state index in [2.05, 4.69) is 9.97 Å². The molecule has 3 rings (SSSR count). The minimum Gasteiger partial charge on any atom is -0.477 e. The van der Waals surface area contributed by atoms with Gasteiger partial charge in [0.25, 0.3) is 0 Å². The SMILES string of the molecule is O=C(/C=C/c1cnc(-c2ccncc2)s1)c1csc(C(=O)O)c1. The van der Waals surface area contributed by atoms with Gasteiger partial charge in [0.1, 0.15) is 9.88 Å². The van der Waals surface area contributed by atoms with Crippen LogP contribution in [0.2, 0.25) is 0 Å². The molecule has 0 bridgehead atoms. The lowest BCUT2D eigenvalue weighted by molar-refractivity contribution is 0.0702. The van der Waals surface area contributed by atoms with Gasteiger partial charge in [-0.05, 0) is 30.4 Å². The number of nitrogens with zero attached hydrogens (tertiary/aromatic N) is 2. The molecule has 5 nitrogen and oxygen atoms in total. The average Bonchev–Trinajstić information content (AvgIpc) is 3.23. The fourth-order valence-corrected chi connectivity index (χ4v) is 3.38. The molecule has 0 fully saturated rings. The maximum absolute atomic E-state index is 12.0. The van der Waals surface area contributed by atoms with Crippen LogP contribution >= 0.6 is 22.7 Å². The predicted octanol–water partition coefficient (Wildman–Crippen LogP) is 3.86. The molecule has 0 unspecified atom stereocenters. The van der Waals surface area contributed by atoms with Crippen LogP contribution in [-0.4, -0.2) is 26.8 Å². The molecule has 3 heterocycles. The molecule has 0 radical (unpaired) electrons. The van der Waals surface area contributed by atoms with E-state index in [1.54, 1.807) is 30.0 Å². The number of hydrogen-bond donors (Lipinski definition) is 1. The standard InChI is InChI=1S/C16H10N2O3S2/c19-13(11-7-14(16(20)21)22-9-11)2-1-12-8-18-15(23-12)10-3-5-17-6-4-10/h1-9H,(H,20,21)/b2-1+. The van der Waals surface area contributed by atoms with Crippen molar-refractivity contribution in [3.05, 3.63) is 63.6 Å². The number of thiazole rings is 1. The number of hydrogen-bond acceptors (Lipinski definition) is 6. The molecule has 23 heavy (non-hydrogen) atoms. The van der Waals surface area contributed by atoms with E-state index in [0.29, 0.717) is 5.56 Å². The van der Waals surface area contributed by atoms with E-state index >= 15 is 0 Å². The minimum absolute atomic E-state index is 0.152. The molecule has 0 saturated heterocycles. The molecule has 3 aromatic rings. The first-order valence-electron chi connectivity index (χ1n) is 6.54. The normalized spacial score (nSPS) is 11.0. The van der Waals surface area contributed by atoms with E-state index in [1.807, 2.05) is 12.1 Å². The summed E-state index contributed by atoms with van der Waals surface area (Å²) in [4.78, 5) is 32.1. The van der Waals surface area contributed by atoms with Crippen LogP contribution in [0.15, 0.2) is 48.2 Å². The second-order valence-electron chi connectivity index (χ2n) is 4.51. The van der Waals surface area contributed by atoms with Crippen LogP contribution in [0.3, 0.4) is 0 Å². The van der Waals surface area contributed by atoms with Crippen LogP contribution in [0.4, 0.5) is 0 Å². The number of aromatic carboxylic acids is 1. The zero-order valence-electron chi connectivity index (χ0n) is 11.7. The summed E-state index contributed by atoms with van der Waals surface area (Å²) >= 11 is 2.50. The zero-order valence-corrected chi connectivity index (χ0v) is 13.3. The molecule has 0 amide bonds. The van der Waals surface area contributed by atoms with Crippen LogP contribution in [0, 0.1) is 0 Å². The summed E-state index contributed by atoms with van der Waals surface area (Å²) in [6.07, 6.45) is 8.21. The summed E-state index contributed by atoms with van der Waals surface area (Å²) in [6, 6.07) is 5.13. The first-order valence-corrected chi connectivity index (χ1v) is 8.23. The maximum atomic E-state index is 12.0. The van der Waals surface area contributed by atoms with Gasteiger partial charge in [0.05, 0.1) is 0 Å². The van der Waals surface area contributed by atoms with Crippen LogP contribution in [0.25, 0.3) is 16.6 Å². The molecule has 0 saturated carbocycles. The summed E-state index contributed by atoms with van der Waals surface area (Å²) in [7, 11) is 0. The second-order valence-corrected chi connectivity index (χ2v) is 6.48. The molecule has 1 N–H and O–H groups in total. The Balaban J connectivity index is 1.74. The van der Waals surface area contributed by atoms with Gasteiger partial charge in [-0.2, -0.15) is 0 Å². The summed E-state index contributed by atoms with van der Waals surface area (Å²) in [5.41, 5.74) is 1.35. The molecule has 0 aromatic carbocycles. The lowest BCUT2D eigenvalue weighted by Crippen LogP contribution is -1.93. The third-order valence-electron chi connectivity index (χ3n) is 2.94. The molecule has 114 valence electrons. The number of thiophene rings is 1. The summed E-state index contributed by atoms with van der Waals surface area (Å²) in [6.45, 7) is 0. The van der Waals surface area contributed by atoms with Gasteiger partial charge in [0, 0.05) is 40.0 Å². The minimum atomic E-state index is -1.03. The topological polar surface area (TPSA) is 80.2 Å². The van der Waals surface area contributed by atoms with Crippen LogP contribution in [-0.2, 0) is 0 Å². The Hall–Kier alpha value is -2.64. The molecule has 0 aliphatic rings. The summed E-state index contributed by atoms with van der Waals surface area (Å²) in [5.74, 6) is -1.25. The van der Waals surface area contributed by atoms with Crippen LogP contribution in [0.5, 0.6) is 0 Å². The van der Waals surface area contributed by atoms with Crippen molar-refractivity contribution in [1.29, 1.82) is 0 Å². The molecule has 0 aliphatic heterocycles. The molecular formula is C16H10N2O3S2. The quantitative estimate of drug-likeness (QED) is 0.562. The highest BCUT2D eigenvalue weighted by molar-refractivity contribution is 7.15. The first kappa shape index (κ1) is 15.3. The van der Waals surface area contributed by atoms with Crippen molar-refractivity contribution >= 4 is 40.5 Å². The van der Waals surface area contributed by atoms with Crippen molar-refractivity contribution in [3.63, 3.8) is 0 Å². The number of aromatic nitrogens is 2. The molecular weight excluding hydrogens is 332 g/mol. The van der Waals surface area contributed by atoms with Gasteiger partial charge in [-0.3, -0.25) is 9.78 Å². The van der Waals surface area contributed by atoms with Crippen LogP contribution in [0.1, 0.15) is 24.9 Å². The first-order chi connectivity index (χ1) is 11.1. The molecule has 0 spiro atoms. The number of carboxylic acids is 1. The Morgan fingerprint density at radius 1 is 1.22 bits per heavy atom. The van der Waals surface area contributed by atoms with Gasteiger partial charge in [-0.25, -0.2) is 9.78 Å². The van der Waals surface area contributed by atoms with Gasteiger partial charge in [-0.1, -0.05) is 0 Å². The summed E-state index contributed by atoms with van der Waals surface area (Å²) < 4.78 is 0. The van der Waals surface area contributed by atoms with E-state index in [4.69, 9.17) is 5.11 Å². The maximum Gasteiger partial charge on any atom is 0.345 e. The Kier molecular flexibility index (Phi) is 4.40. The number of carbonyl (C=O) groups is 2. The number of carboxylic acid groups (broad SMARTS) is 1. The third kappa shape index (κ3) is 3.58. The van der Waals surface area contributed by atoms with E-state index in [-0.39, 0.29) is 10.7 Å². The van der Waals surface area contributed by atoms with Gasteiger partial charge in [-0.15, -0.1) is 22.7 Å². The zero-order chi connectivity index (χ0) is 16.2. The van der Waals surface area contributed by atoms with Gasteiger partial charge in [0.15, 0.2) is 5.78 Å². The fraction of sp³-hybridized carbons (Fsp3) is 0. The fourth-order valence-electron chi connectivity index (χ4n) is 1.82. The molecule has 7 heteroatoms. The van der Waals surface area contributed by atoms with E-state index in [0.717, 1.165) is 26.8 Å². The highest BCUT2D eigenvalue weighted by Gasteiger charge is 2.10. The van der Waals surface area contributed by atoms with Gasteiger partial charge >= 0.3 is 5.97 Å². The van der Waals surface area contributed by atoms with Crippen molar-refractivity contribution in [2.75, 3.05) is 0 Å². The predicted molar refractivity (Wildman–Crippen MR) is 90.0 cm³/mol. The number of pyridine rings is 1. The Morgan fingerprint density at radius 3 is 2.70 bits per heavy atom. The van der Waals surface area contributed by atoms with Crippen molar-refractivity contribution in [3.8, 4) is 10.6 Å². The molecule has 3 aromatic heterocycles. The molecule has 0 aliphatic carbocycles. The van der Waals surface area contributed by atoms with E-state index in [1.165, 1.54) is 23.5 Å². The number of carbonyl (C=O) groups excluding carboxylic acids is 1. The monoisotopic (exact) mass is 342 g/mol. The number of ketones is 1. The summed E-state index contributed by atoms with van der Waals surface area (Å²) in [5, 5.41) is 11.3. The van der Waals surface area contributed by atoms with Crippen molar-refractivity contribution < 1.29 is 14.7 Å². The Morgan fingerprint density at radius 2 is 2.00 bits per heavy atom. The van der Waals surface area contributed by atoms with Crippen LogP contribution < -0.4 is 0 Å². The Labute approximate surface area is 139 Å². The highest BCUT2D eigenvalue weighted by Crippen LogP contribution is 2.25. The lowest BCUT2D eigenvalue weighted by Gasteiger charge is -1.92. The third-order valence-corrected chi connectivity index (χ3v) is 4.87. The average molecular weight is 342 g/mol. The van der Waals surface area contributed by atoms with Gasteiger partial charge < -0.3 is 5.11 Å². The smallest absolute Gasteiger partial charge is 0.345 e. The van der Waals surface area contributed by atoms with Crippen molar-refractivity contribution in [2.24, 2.45) is 0 Å². The van der Waals surface area contributed by atoms with Crippen molar-refractivity contribution in [1.82, 2.24) is 9.97 Å². The number of rotatable bonds is 5. The Bertz CT molecular complexity index is 882. The van der Waals surface area contributed by atoms with E-state index in [9.17, 15) is 9.59 Å². The van der Waals surface area contributed by atoms with Crippen molar-refractivity contribution in [2.45, 2.75) is 0 Å². The van der Waals surface area contributed by atoms with Gasteiger partial charge in [0.2, 0.25) is 0 Å². The molecule has 0 atom stereocenters. The highest BCUT2D eigenvalue weighted by atomic mass is 32.1. The van der Waals surface area contributed by atoms with E-state index < -0.39 is 5.97 Å². The largest absolute Gasteiger partial charge is 0.477 e. The second kappa shape index (κ2) is 6.64. The number of allylic oxidation sites excluding steroid dienone is 1. The lowest BCUT2D eigenvalue weighted by atomic mass is 10.2.